The Morgan fingerprint density at radius 2 is 2.20 bits per heavy atom. The molecule has 1 aliphatic heterocycles. The van der Waals surface area contributed by atoms with Gasteiger partial charge in [-0.2, -0.15) is 0 Å². The van der Waals surface area contributed by atoms with Crippen LogP contribution in [0.4, 0.5) is 0 Å². The van der Waals surface area contributed by atoms with Crippen molar-refractivity contribution in [3.05, 3.63) is 0 Å². The third-order valence-corrected chi connectivity index (χ3v) is 4.54. The molecule has 0 radical (unpaired) electrons. The highest BCUT2D eigenvalue weighted by Gasteiger charge is 2.48. The molecule has 2 atom stereocenters. The van der Waals surface area contributed by atoms with E-state index in [1.165, 1.54) is 38.6 Å². The van der Waals surface area contributed by atoms with Crippen molar-refractivity contribution in [3.8, 4) is 0 Å². The summed E-state index contributed by atoms with van der Waals surface area (Å²) in [5, 5.41) is 3.62. The lowest BCUT2D eigenvalue weighted by Gasteiger charge is -2.45. The van der Waals surface area contributed by atoms with Gasteiger partial charge in [-0.25, -0.2) is 0 Å². The highest BCUT2D eigenvalue weighted by Crippen LogP contribution is 2.49. The summed E-state index contributed by atoms with van der Waals surface area (Å²) in [7, 11) is 0. The maximum absolute atomic E-state index is 5.82. The number of rotatable bonds is 5. The molecule has 0 amide bonds. The molecule has 1 N–H and O–H groups in total. The monoisotopic (exact) mass is 211 g/mol. The number of nitrogens with one attached hydrogen (secondary N) is 1. The SMILES string of the molecule is CCCNCC1(C2CCC2)CCOC1C. The molecular formula is C13H25NO. The Morgan fingerprint density at radius 3 is 2.67 bits per heavy atom. The molecule has 0 spiro atoms. The van der Waals surface area contributed by atoms with E-state index in [0.29, 0.717) is 11.5 Å². The Morgan fingerprint density at radius 1 is 1.40 bits per heavy atom. The van der Waals surface area contributed by atoms with E-state index in [4.69, 9.17) is 4.74 Å². The summed E-state index contributed by atoms with van der Waals surface area (Å²) < 4.78 is 5.82. The van der Waals surface area contributed by atoms with Crippen molar-refractivity contribution in [2.75, 3.05) is 19.7 Å². The van der Waals surface area contributed by atoms with Crippen molar-refractivity contribution in [1.82, 2.24) is 5.32 Å². The van der Waals surface area contributed by atoms with Crippen molar-refractivity contribution in [3.63, 3.8) is 0 Å². The molecule has 0 aromatic carbocycles. The Labute approximate surface area is 93.8 Å². The molecule has 1 saturated carbocycles. The first-order valence-corrected chi connectivity index (χ1v) is 6.62. The van der Waals surface area contributed by atoms with E-state index in [0.717, 1.165) is 19.1 Å². The molecule has 2 unspecified atom stereocenters. The van der Waals surface area contributed by atoms with E-state index in [2.05, 4.69) is 19.2 Å². The molecule has 0 aromatic rings. The van der Waals surface area contributed by atoms with Gasteiger partial charge in [0.25, 0.3) is 0 Å². The van der Waals surface area contributed by atoms with Gasteiger partial charge in [-0.15, -0.1) is 0 Å². The molecule has 15 heavy (non-hydrogen) atoms. The summed E-state index contributed by atoms with van der Waals surface area (Å²) in [5.41, 5.74) is 0.466. The van der Waals surface area contributed by atoms with E-state index in [9.17, 15) is 0 Å². The lowest BCUT2D eigenvalue weighted by atomic mass is 9.62. The van der Waals surface area contributed by atoms with Gasteiger partial charge in [-0.3, -0.25) is 0 Å². The first-order valence-electron chi connectivity index (χ1n) is 6.62. The van der Waals surface area contributed by atoms with Gasteiger partial charge < -0.3 is 10.1 Å². The number of hydrogen-bond donors (Lipinski definition) is 1. The molecule has 2 heteroatoms. The summed E-state index contributed by atoms with van der Waals surface area (Å²) in [6.07, 6.45) is 7.27. The van der Waals surface area contributed by atoms with Gasteiger partial charge in [-0.05, 0) is 45.1 Å². The zero-order valence-electron chi connectivity index (χ0n) is 10.2. The lowest BCUT2D eigenvalue weighted by molar-refractivity contribution is -0.000300. The van der Waals surface area contributed by atoms with Gasteiger partial charge in [0.15, 0.2) is 0 Å². The predicted octanol–water partition coefficient (Wildman–Crippen LogP) is 2.58. The Kier molecular flexibility index (Phi) is 3.68. The van der Waals surface area contributed by atoms with Crippen LogP contribution in [0, 0.1) is 11.3 Å². The summed E-state index contributed by atoms with van der Waals surface area (Å²) in [6, 6.07) is 0. The van der Waals surface area contributed by atoms with E-state index in [1.807, 2.05) is 0 Å². The largest absolute Gasteiger partial charge is 0.378 e. The Bertz CT molecular complexity index is 203. The van der Waals surface area contributed by atoms with Gasteiger partial charge in [0.1, 0.15) is 0 Å². The average molecular weight is 211 g/mol. The molecule has 2 nitrogen and oxygen atoms in total. The van der Waals surface area contributed by atoms with E-state index < -0.39 is 0 Å². The third kappa shape index (κ3) is 2.07. The van der Waals surface area contributed by atoms with Crippen LogP contribution in [0.3, 0.4) is 0 Å². The molecule has 1 aliphatic carbocycles. The fourth-order valence-corrected chi connectivity index (χ4v) is 3.19. The maximum Gasteiger partial charge on any atom is 0.0618 e. The van der Waals surface area contributed by atoms with Gasteiger partial charge in [-0.1, -0.05) is 13.3 Å². The summed E-state index contributed by atoms with van der Waals surface area (Å²) in [5.74, 6) is 0.930. The van der Waals surface area contributed by atoms with Crippen molar-refractivity contribution in [2.45, 2.75) is 52.1 Å². The predicted molar refractivity (Wildman–Crippen MR) is 63.0 cm³/mol. The molecule has 2 aliphatic rings. The van der Waals surface area contributed by atoms with Crippen LogP contribution in [0.5, 0.6) is 0 Å². The fourth-order valence-electron chi connectivity index (χ4n) is 3.19. The second-order valence-electron chi connectivity index (χ2n) is 5.30. The second-order valence-corrected chi connectivity index (χ2v) is 5.30. The molecule has 2 rings (SSSR count). The topological polar surface area (TPSA) is 21.3 Å². The van der Waals surface area contributed by atoms with Crippen LogP contribution < -0.4 is 5.32 Å². The highest BCUT2D eigenvalue weighted by molar-refractivity contribution is 4.99. The smallest absolute Gasteiger partial charge is 0.0618 e. The third-order valence-electron chi connectivity index (χ3n) is 4.54. The standard InChI is InChI=1S/C13H25NO/c1-3-8-14-10-13(12-5-4-6-12)7-9-15-11(13)2/h11-12,14H,3-10H2,1-2H3. The Balaban J connectivity index is 1.95. The van der Waals surface area contributed by atoms with Crippen LogP contribution in [0.1, 0.15) is 46.0 Å². The minimum absolute atomic E-state index is 0.465. The molecule has 88 valence electrons. The number of ether oxygens (including phenoxy) is 1. The first-order chi connectivity index (χ1) is 7.29. The molecular weight excluding hydrogens is 186 g/mol. The summed E-state index contributed by atoms with van der Waals surface area (Å²) >= 11 is 0. The first kappa shape index (κ1) is 11.4. The molecule has 1 saturated heterocycles. The maximum atomic E-state index is 5.82. The van der Waals surface area contributed by atoms with Crippen LogP contribution in [0.15, 0.2) is 0 Å². The van der Waals surface area contributed by atoms with Crippen LogP contribution in [-0.4, -0.2) is 25.8 Å². The molecule has 0 aromatic heterocycles. The second kappa shape index (κ2) is 4.84. The number of hydrogen-bond acceptors (Lipinski definition) is 2. The van der Waals surface area contributed by atoms with Crippen LogP contribution >= 0.6 is 0 Å². The molecule has 1 heterocycles. The van der Waals surface area contributed by atoms with Gasteiger partial charge in [0.2, 0.25) is 0 Å². The zero-order chi connectivity index (χ0) is 10.7. The average Bonchev–Trinajstić information content (AvgIpc) is 2.47. The van der Waals surface area contributed by atoms with Gasteiger partial charge in [0, 0.05) is 18.6 Å². The molecule has 2 fully saturated rings. The van der Waals surface area contributed by atoms with Crippen molar-refractivity contribution < 1.29 is 4.74 Å². The van der Waals surface area contributed by atoms with Crippen molar-refractivity contribution in [1.29, 1.82) is 0 Å². The van der Waals surface area contributed by atoms with Crippen molar-refractivity contribution in [2.24, 2.45) is 11.3 Å². The lowest BCUT2D eigenvalue weighted by Crippen LogP contribution is -2.47. The normalized spacial score (nSPS) is 36.8. The van der Waals surface area contributed by atoms with E-state index >= 15 is 0 Å². The quantitative estimate of drug-likeness (QED) is 0.706. The van der Waals surface area contributed by atoms with E-state index in [1.54, 1.807) is 0 Å². The van der Waals surface area contributed by atoms with Crippen molar-refractivity contribution >= 4 is 0 Å². The van der Waals surface area contributed by atoms with Gasteiger partial charge in [0.05, 0.1) is 6.10 Å². The fraction of sp³-hybridized carbons (Fsp3) is 1.00. The summed E-state index contributed by atoms with van der Waals surface area (Å²) in [6.45, 7) is 7.82. The Hall–Kier alpha value is -0.0800. The van der Waals surface area contributed by atoms with Gasteiger partial charge >= 0.3 is 0 Å². The molecule has 0 bridgehead atoms. The highest BCUT2D eigenvalue weighted by atomic mass is 16.5. The van der Waals surface area contributed by atoms with E-state index in [-0.39, 0.29) is 0 Å². The summed E-state index contributed by atoms with van der Waals surface area (Å²) in [4.78, 5) is 0. The van der Waals surface area contributed by atoms with Crippen LogP contribution in [0.25, 0.3) is 0 Å². The minimum Gasteiger partial charge on any atom is -0.378 e. The zero-order valence-corrected chi connectivity index (χ0v) is 10.2. The minimum atomic E-state index is 0.465. The van der Waals surface area contributed by atoms with Crippen LogP contribution in [0.2, 0.25) is 0 Å². The van der Waals surface area contributed by atoms with Crippen LogP contribution in [-0.2, 0) is 4.74 Å².